The molecule has 0 amide bonds. The molecule has 2 rings (SSSR count). The van der Waals surface area contributed by atoms with Crippen LogP contribution in [-0.2, 0) is 4.79 Å². The largest absolute Gasteiger partial charge is 0.544 e. The molecule has 0 unspecified atom stereocenters. The standard InChI is InChI=1S/C14H15NO3/c1-2-18-11-8-7-9-5-3-4-6-10(9)12(11)13(15)14(16)17/h3-8,13H,2,15H2,1H3,(H,16,17)/t13-/m1/s1. The topological polar surface area (TPSA) is 77.0 Å². The molecule has 0 saturated carbocycles. The number of rotatable bonds is 4. The molecule has 0 aromatic heterocycles. The lowest BCUT2D eigenvalue weighted by Crippen LogP contribution is -2.61. The quantitative estimate of drug-likeness (QED) is 0.840. The summed E-state index contributed by atoms with van der Waals surface area (Å²) in [5, 5.41) is 12.9. The van der Waals surface area contributed by atoms with Crippen LogP contribution in [0.4, 0.5) is 0 Å². The number of hydrogen-bond acceptors (Lipinski definition) is 3. The van der Waals surface area contributed by atoms with Gasteiger partial charge in [-0.2, -0.15) is 0 Å². The van der Waals surface area contributed by atoms with E-state index in [0.29, 0.717) is 17.9 Å². The van der Waals surface area contributed by atoms with Crippen molar-refractivity contribution < 1.29 is 20.4 Å². The maximum atomic E-state index is 11.1. The third-order valence-electron chi connectivity index (χ3n) is 2.86. The number of carbonyl (C=O) groups excluding carboxylic acids is 1. The van der Waals surface area contributed by atoms with Crippen LogP contribution in [0.2, 0.25) is 0 Å². The molecule has 2 aromatic carbocycles. The van der Waals surface area contributed by atoms with Crippen LogP contribution < -0.4 is 15.6 Å². The van der Waals surface area contributed by atoms with E-state index in [1.54, 1.807) is 6.07 Å². The van der Waals surface area contributed by atoms with Gasteiger partial charge in [0, 0.05) is 0 Å². The third kappa shape index (κ3) is 2.15. The molecule has 0 heterocycles. The lowest BCUT2D eigenvalue weighted by molar-refractivity contribution is -0.442. The molecule has 3 N–H and O–H groups in total. The molecule has 0 aliphatic rings. The van der Waals surface area contributed by atoms with Crippen LogP contribution in [0, 0.1) is 0 Å². The van der Waals surface area contributed by atoms with Crippen molar-refractivity contribution in [3.8, 4) is 5.75 Å². The van der Waals surface area contributed by atoms with Gasteiger partial charge in [0.05, 0.1) is 12.2 Å². The van der Waals surface area contributed by atoms with Crippen LogP contribution in [0.1, 0.15) is 18.5 Å². The molecule has 0 saturated heterocycles. The Morgan fingerprint density at radius 2 is 2.06 bits per heavy atom. The molecule has 4 nitrogen and oxygen atoms in total. The number of carboxylic acid groups (broad SMARTS) is 1. The number of hydrogen-bond donors (Lipinski definition) is 1. The van der Waals surface area contributed by atoms with Crippen LogP contribution >= 0.6 is 0 Å². The summed E-state index contributed by atoms with van der Waals surface area (Å²) in [6.07, 6.45) is 0. The van der Waals surface area contributed by atoms with Gasteiger partial charge in [0.1, 0.15) is 11.7 Å². The van der Waals surface area contributed by atoms with Crippen molar-refractivity contribution in [3.05, 3.63) is 42.0 Å². The Balaban J connectivity index is 2.69. The highest BCUT2D eigenvalue weighted by molar-refractivity contribution is 5.91. The zero-order valence-corrected chi connectivity index (χ0v) is 10.2. The zero-order valence-electron chi connectivity index (χ0n) is 10.2. The molecule has 0 fully saturated rings. The van der Waals surface area contributed by atoms with E-state index >= 15 is 0 Å². The maximum absolute atomic E-state index is 11.1. The van der Waals surface area contributed by atoms with Crippen LogP contribution in [0.15, 0.2) is 36.4 Å². The first kappa shape index (κ1) is 12.4. The Bertz CT molecular complexity index is 580. The van der Waals surface area contributed by atoms with Crippen LogP contribution in [0.5, 0.6) is 5.75 Å². The van der Waals surface area contributed by atoms with E-state index < -0.39 is 12.0 Å². The fraction of sp³-hybridized carbons (Fsp3) is 0.214. The van der Waals surface area contributed by atoms with Gasteiger partial charge in [0.15, 0.2) is 6.04 Å². The average Bonchev–Trinajstić information content (AvgIpc) is 2.38. The monoisotopic (exact) mass is 245 g/mol. The molecule has 4 heteroatoms. The van der Waals surface area contributed by atoms with Crippen LogP contribution in [-0.4, -0.2) is 12.6 Å². The van der Waals surface area contributed by atoms with Gasteiger partial charge >= 0.3 is 0 Å². The van der Waals surface area contributed by atoms with Crippen molar-refractivity contribution in [2.45, 2.75) is 13.0 Å². The molecule has 0 spiro atoms. The smallest absolute Gasteiger partial charge is 0.154 e. The molecule has 18 heavy (non-hydrogen) atoms. The summed E-state index contributed by atoms with van der Waals surface area (Å²) in [5.41, 5.74) is 4.24. The van der Waals surface area contributed by atoms with Gasteiger partial charge < -0.3 is 20.4 Å². The number of quaternary nitrogens is 1. The van der Waals surface area contributed by atoms with Crippen molar-refractivity contribution in [2.75, 3.05) is 6.61 Å². The highest BCUT2D eigenvalue weighted by Gasteiger charge is 2.19. The molecule has 0 aliphatic heterocycles. The van der Waals surface area contributed by atoms with E-state index in [2.05, 4.69) is 5.73 Å². The molecule has 2 aromatic rings. The van der Waals surface area contributed by atoms with Crippen molar-refractivity contribution >= 4 is 16.7 Å². The Morgan fingerprint density at radius 1 is 1.33 bits per heavy atom. The van der Waals surface area contributed by atoms with E-state index in [9.17, 15) is 9.90 Å². The van der Waals surface area contributed by atoms with Crippen molar-refractivity contribution in [1.29, 1.82) is 0 Å². The summed E-state index contributed by atoms with van der Waals surface area (Å²) in [5.74, 6) is -0.646. The van der Waals surface area contributed by atoms with Crippen molar-refractivity contribution in [3.63, 3.8) is 0 Å². The predicted octanol–water partition coefficient (Wildman–Crippen LogP) is 0.271. The number of fused-ring (bicyclic) bond motifs is 1. The first-order valence-corrected chi connectivity index (χ1v) is 5.83. The van der Waals surface area contributed by atoms with Crippen molar-refractivity contribution in [1.82, 2.24) is 0 Å². The van der Waals surface area contributed by atoms with Gasteiger partial charge in [-0.15, -0.1) is 0 Å². The van der Waals surface area contributed by atoms with E-state index in [0.717, 1.165) is 10.8 Å². The first-order chi connectivity index (χ1) is 8.65. The summed E-state index contributed by atoms with van der Waals surface area (Å²) in [6.45, 7) is 2.33. The number of carboxylic acids is 1. The van der Waals surface area contributed by atoms with Crippen LogP contribution in [0.25, 0.3) is 10.8 Å². The summed E-state index contributed by atoms with van der Waals surface area (Å²) >= 11 is 0. The molecule has 0 aliphatic carbocycles. The molecule has 0 bridgehead atoms. The van der Waals surface area contributed by atoms with E-state index in [1.165, 1.54) is 0 Å². The molecule has 1 atom stereocenters. The number of aliphatic carboxylic acids is 1. The minimum absolute atomic E-state index is 0.477. The van der Waals surface area contributed by atoms with Crippen LogP contribution in [0.3, 0.4) is 0 Å². The lowest BCUT2D eigenvalue weighted by atomic mass is 9.98. The van der Waals surface area contributed by atoms with Gasteiger partial charge in [-0.25, -0.2) is 0 Å². The molecule has 94 valence electrons. The van der Waals surface area contributed by atoms with Gasteiger partial charge in [0.25, 0.3) is 0 Å². The number of ether oxygens (including phenoxy) is 1. The van der Waals surface area contributed by atoms with E-state index in [4.69, 9.17) is 4.74 Å². The second-order valence-corrected chi connectivity index (χ2v) is 4.00. The Hall–Kier alpha value is -2.07. The average molecular weight is 245 g/mol. The number of carbonyl (C=O) groups is 1. The fourth-order valence-electron chi connectivity index (χ4n) is 2.03. The Labute approximate surface area is 105 Å². The maximum Gasteiger partial charge on any atom is 0.154 e. The lowest BCUT2D eigenvalue weighted by Gasteiger charge is -2.17. The predicted molar refractivity (Wildman–Crippen MR) is 65.8 cm³/mol. The van der Waals surface area contributed by atoms with Gasteiger partial charge in [0.2, 0.25) is 0 Å². The second kappa shape index (κ2) is 5.06. The highest BCUT2D eigenvalue weighted by atomic mass is 16.5. The SMILES string of the molecule is CCOc1ccc2ccccc2c1[C@@H]([NH3+])C(=O)[O-]. The van der Waals surface area contributed by atoms with E-state index in [-0.39, 0.29) is 0 Å². The van der Waals surface area contributed by atoms with Gasteiger partial charge in [-0.3, -0.25) is 0 Å². The summed E-state index contributed by atoms with van der Waals surface area (Å²) in [4.78, 5) is 11.1. The highest BCUT2D eigenvalue weighted by Crippen LogP contribution is 2.31. The summed E-state index contributed by atoms with van der Waals surface area (Å²) in [6, 6.07) is 10.3. The normalized spacial score (nSPS) is 12.3. The molecular formula is C14H15NO3. The number of benzene rings is 2. The van der Waals surface area contributed by atoms with Gasteiger partial charge in [-0.1, -0.05) is 30.3 Å². The Morgan fingerprint density at radius 3 is 2.72 bits per heavy atom. The fourth-order valence-corrected chi connectivity index (χ4v) is 2.03. The minimum Gasteiger partial charge on any atom is -0.544 e. The molecular weight excluding hydrogens is 230 g/mol. The second-order valence-electron chi connectivity index (χ2n) is 4.00. The minimum atomic E-state index is -1.20. The van der Waals surface area contributed by atoms with Gasteiger partial charge in [-0.05, 0) is 23.8 Å². The third-order valence-corrected chi connectivity index (χ3v) is 2.86. The van der Waals surface area contributed by atoms with E-state index in [1.807, 2.05) is 37.3 Å². The Kier molecular flexibility index (Phi) is 3.48. The summed E-state index contributed by atoms with van der Waals surface area (Å²) in [7, 11) is 0. The molecule has 0 radical (unpaired) electrons. The zero-order chi connectivity index (χ0) is 13.1. The summed E-state index contributed by atoms with van der Waals surface area (Å²) < 4.78 is 5.49. The first-order valence-electron chi connectivity index (χ1n) is 5.83. The van der Waals surface area contributed by atoms with Crippen molar-refractivity contribution in [2.24, 2.45) is 0 Å².